The van der Waals surface area contributed by atoms with Crippen LogP contribution >= 0.6 is 0 Å². The molecule has 0 radical (unpaired) electrons. The van der Waals surface area contributed by atoms with Gasteiger partial charge >= 0.3 is 0 Å². The van der Waals surface area contributed by atoms with Gasteiger partial charge in [0.2, 0.25) is 0 Å². The zero-order chi connectivity index (χ0) is 15.9. The molecule has 0 saturated heterocycles. The van der Waals surface area contributed by atoms with Crippen LogP contribution < -0.4 is 0 Å². The van der Waals surface area contributed by atoms with E-state index in [2.05, 4.69) is 75.0 Å². The van der Waals surface area contributed by atoms with Crippen molar-refractivity contribution in [1.29, 1.82) is 0 Å². The van der Waals surface area contributed by atoms with Crippen molar-refractivity contribution < 1.29 is 0 Å². The fourth-order valence-corrected chi connectivity index (χ4v) is 3.54. The molecule has 1 aliphatic heterocycles. The molecule has 22 heavy (non-hydrogen) atoms. The van der Waals surface area contributed by atoms with E-state index in [1.54, 1.807) is 0 Å². The van der Waals surface area contributed by atoms with Gasteiger partial charge in [-0.15, -0.1) is 0 Å². The average molecular weight is 294 g/mol. The number of rotatable bonds is 1. The van der Waals surface area contributed by atoms with Gasteiger partial charge in [-0.05, 0) is 79.7 Å². The Hall–Kier alpha value is -1.67. The lowest BCUT2D eigenvalue weighted by Crippen LogP contribution is -2.21. The first-order valence-corrected chi connectivity index (χ1v) is 8.13. The Labute approximate surface area is 134 Å². The first-order valence-electron chi connectivity index (χ1n) is 8.13. The van der Waals surface area contributed by atoms with E-state index in [0.717, 1.165) is 24.5 Å². The lowest BCUT2D eigenvalue weighted by atomic mass is 9.79. The third kappa shape index (κ3) is 2.93. The number of pyridine rings is 1. The van der Waals surface area contributed by atoms with Crippen molar-refractivity contribution in [3.63, 3.8) is 0 Å². The topological polar surface area (TPSA) is 16.1 Å². The minimum atomic E-state index is 0.253. The summed E-state index contributed by atoms with van der Waals surface area (Å²) in [5, 5.41) is 0. The third-order valence-electron chi connectivity index (χ3n) is 4.81. The summed E-state index contributed by atoms with van der Waals surface area (Å²) in [5.74, 6) is 0. The Bertz CT molecular complexity index is 681. The molecular formula is C20H26N2. The molecule has 2 heterocycles. The summed E-state index contributed by atoms with van der Waals surface area (Å²) in [7, 11) is 2.22. The SMILES string of the molecule is Cc1cc(-c2ccc3c(c2)CN(C)CCC3(C)C)cc(C)n1. The smallest absolute Gasteiger partial charge is 0.0382 e. The number of fused-ring (bicyclic) bond motifs is 1. The maximum Gasteiger partial charge on any atom is 0.0382 e. The van der Waals surface area contributed by atoms with Crippen LogP contribution in [0.25, 0.3) is 11.1 Å². The predicted octanol–water partition coefficient (Wildman–Crippen LogP) is 4.48. The Morgan fingerprint density at radius 3 is 2.36 bits per heavy atom. The van der Waals surface area contributed by atoms with Gasteiger partial charge in [-0.3, -0.25) is 4.98 Å². The summed E-state index contributed by atoms with van der Waals surface area (Å²) >= 11 is 0. The summed E-state index contributed by atoms with van der Waals surface area (Å²) in [6, 6.07) is 11.4. The molecule has 0 unspecified atom stereocenters. The third-order valence-corrected chi connectivity index (χ3v) is 4.81. The van der Waals surface area contributed by atoms with Crippen LogP contribution in [-0.4, -0.2) is 23.5 Å². The molecule has 2 heteroatoms. The first kappa shape index (κ1) is 15.2. The van der Waals surface area contributed by atoms with E-state index >= 15 is 0 Å². The van der Waals surface area contributed by atoms with E-state index in [4.69, 9.17) is 0 Å². The molecular weight excluding hydrogens is 268 g/mol. The van der Waals surface area contributed by atoms with Crippen LogP contribution in [0, 0.1) is 13.8 Å². The highest BCUT2D eigenvalue weighted by atomic mass is 15.1. The summed E-state index contributed by atoms with van der Waals surface area (Å²) < 4.78 is 0. The molecule has 0 amide bonds. The second-order valence-electron chi connectivity index (χ2n) is 7.38. The van der Waals surface area contributed by atoms with E-state index in [0.29, 0.717) is 0 Å². The molecule has 2 aromatic rings. The van der Waals surface area contributed by atoms with Crippen molar-refractivity contribution in [3.8, 4) is 11.1 Å². The average Bonchev–Trinajstić information content (AvgIpc) is 2.54. The summed E-state index contributed by atoms with van der Waals surface area (Å²) in [6.45, 7) is 11.1. The number of benzene rings is 1. The molecule has 0 atom stereocenters. The molecule has 0 bridgehead atoms. The van der Waals surface area contributed by atoms with Gasteiger partial charge in [0.15, 0.2) is 0 Å². The lowest BCUT2D eigenvalue weighted by molar-refractivity contribution is 0.308. The number of hydrogen-bond donors (Lipinski definition) is 0. The van der Waals surface area contributed by atoms with E-state index in [-0.39, 0.29) is 5.41 Å². The maximum absolute atomic E-state index is 4.49. The van der Waals surface area contributed by atoms with Crippen LogP contribution in [0.15, 0.2) is 30.3 Å². The Morgan fingerprint density at radius 2 is 1.68 bits per heavy atom. The van der Waals surface area contributed by atoms with Crippen molar-refractivity contribution >= 4 is 0 Å². The number of aromatic nitrogens is 1. The van der Waals surface area contributed by atoms with Gasteiger partial charge in [-0.2, -0.15) is 0 Å². The zero-order valence-electron chi connectivity index (χ0n) is 14.4. The molecule has 0 fully saturated rings. The van der Waals surface area contributed by atoms with Gasteiger partial charge in [0.05, 0.1) is 0 Å². The molecule has 1 aliphatic rings. The highest BCUT2D eigenvalue weighted by Crippen LogP contribution is 2.35. The maximum atomic E-state index is 4.49. The summed E-state index contributed by atoms with van der Waals surface area (Å²) in [5.41, 5.74) is 7.97. The van der Waals surface area contributed by atoms with Crippen LogP contribution in [0.5, 0.6) is 0 Å². The van der Waals surface area contributed by atoms with Crippen molar-refractivity contribution in [2.24, 2.45) is 0 Å². The van der Waals surface area contributed by atoms with Crippen molar-refractivity contribution in [3.05, 3.63) is 52.8 Å². The second kappa shape index (κ2) is 5.51. The molecule has 0 N–H and O–H groups in total. The largest absolute Gasteiger partial charge is 0.302 e. The van der Waals surface area contributed by atoms with Gasteiger partial charge < -0.3 is 4.90 Å². The highest BCUT2D eigenvalue weighted by Gasteiger charge is 2.27. The minimum Gasteiger partial charge on any atom is -0.302 e. The van der Waals surface area contributed by atoms with Gasteiger partial charge in [0, 0.05) is 17.9 Å². The van der Waals surface area contributed by atoms with E-state index in [1.807, 2.05) is 0 Å². The molecule has 1 aromatic heterocycles. The number of aryl methyl sites for hydroxylation is 2. The Balaban J connectivity index is 2.10. The van der Waals surface area contributed by atoms with Crippen molar-refractivity contribution in [1.82, 2.24) is 9.88 Å². The van der Waals surface area contributed by atoms with Gasteiger partial charge in [0.25, 0.3) is 0 Å². The normalized spacial score (nSPS) is 17.9. The van der Waals surface area contributed by atoms with Crippen LogP contribution in [0.2, 0.25) is 0 Å². The second-order valence-corrected chi connectivity index (χ2v) is 7.38. The fourth-order valence-electron chi connectivity index (χ4n) is 3.54. The lowest BCUT2D eigenvalue weighted by Gasteiger charge is -2.25. The molecule has 1 aromatic carbocycles. The zero-order valence-corrected chi connectivity index (χ0v) is 14.4. The Kier molecular flexibility index (Phi) is 3.82. The minimum absolute atomic E-state index is 0.253. The highest BCUT2D eigenvalue weighted by molar-refractivity contribution is 5.66. The standard InChI is InChI=1S/C20H26N2/c1-14-10-17(11-15(2)21-14)16-6-7-19-18(12-16)13-22(5)9-8-20(19,3)4/h6-7,10-12H,8-9,13H2,1-5H3. The van der Waals surface area contributed by atoms with Crippen molar-refractivity contribution in [2.75, 3.05) is 13.6 Å². The molecule has 2 nitrogen and oxygen atoms in total. The number of nitrogens with zero attached hydrogens (tertiary/aromatic N) is 2. The molecule has 3 rings (SSSR count). The summed E-state index contributed by atoms with van der Waals surface area (Å²) in [4.78, 5) is 6.92. The van der Waals surface area contributed by atoms with Gasteiger partial charge in [0.1, 0.15) is 0 Å². The van der Waals surface area contributed by atoms with Crippen LogP contribution in [0.4, 0.5) is 0 Å². The number of hydrogen-bond acceptors (Lipinski definition) is 2. The van der Waals surface area contributed by atoms with E-state index in [9.17, 15) is 0 Å². The van der Waals surface area contributed by atoms with E-state index < -0.39 is 0 Å². The summed E-state index contributed by atoms with van der Waals surface area (Å²) in [6.07, 6.45) is 1.21. The molecule has 0 spiro atoms. The van der Waals surface area contributed by atoms with Gasteiger partial charge in [-0.25, -0.2) is 0 Å². The fraction of sp³-hybridized carbons (Fsp3) is 0.450. The monoisotopic (exact) mass is 294 g/mol. The van der Waals surface area contributed by atoms with Crippen LogP contribution in [0.1, 0.15) is 42.8 Å². The molecule has 116 valence electrons. The Morgan fingerprint density at radius 1 is 1.00 bits per heavy atom. The van der Waals surface area contributed by atoms with Crippen LogP contribution in [0.3, 0.4) is 0 Å². The molecule has 0 saturated carbocycles. The molecule has 0 aliphatic carbocycles. The van der Waals surface area contributed by atoms with E-state index in [1.165, 1.54) is 28.7 Å². The first-order chi connectivity index (χ1) is 10.3. The van der Waals surface area contributed by atoms with Gasteiger partial charge in [-0.1, -0.05) is 26.0 Å². The van der Waals surface area contributed by atoms with Crippen LogP contribution in [-0.2, 0) is 12.0 Å². The van der Waals surface area contributed by atoms with Crippen molar-refractivity contribution in [2.45, 2.75) is 46.1 Å². The predicted molar refractivity (Wildman–Crippen MR) is 93.1 cm³/mol. The quantitative estimate of drug-likeness (QED) is 0.771.